The molecule has 0 spiro atoms. The molecular formula is C24H24N2O5. The van der Waals surface area contributed by atoms with E-state index < -0.39 is 5.97 Å². The van der Waals surface area contributed by atoms with E-state index in [1.807, 2.05) is 31.2 Å². The quantitative estimate of drug-likeness (QED) is 0.501. The minimum Gasteiger partial charge on any atom is -0.493 e. The molecule has 0 aromatic heterocycles. The predicted molar refractivity (Wildman–Crippen MR) is 117 cm³/mol. The van der Waals surface area contributed by atoms with E-state index in [1.54, 1.807) is 36.3 Å². The number of amides is 1. The molecule has 0 atom stereocenters. The second-order valence-corrected chi connectivity index (χ2v) is 7.29. The first kappa shape index (κ1) is 20.7. The molecule has 1 amide bonds. The summed E-state index contributed by atoms with van der Waals surface area (Å²) in [6.07, 6.45) is 3.98. The van der Waals surface area contributed by atoms with Crippen LogP contribution in [0.25, 0.3) is 6.08 Å². The molecule has 2 heterocycles. The summed E-state index contributed by atoms with van der Waals surface area (Å²) in [4.78, 5) is 30.4. The van der Waals surface area contributed by atoms with Crippen molar-refractivity contribution in [3.8, 4) is 11.5 Å². The number of esters is 1. The number of nitrogens with zero attached hydrogens (tertiary/aromatic N) is 2. The van der Waals surface area contributed by atoms with Gasteiger partial charge in [-0.2, -0.15) is 0 Å². The van der Waals surface area contributed by atoms with Crippen LogP contribution in [0.1, 0.15) is 37.3 Å². The molecule has 2 aliphatic heterocycles. The van der Waals surface area contributed by atoms with Gasteiger partial charge in [0.2, 0.25) is 11.8 Å². The number of anilines is 1. The molecule has 0 radical (unpaired) electrons. The van der Waals surface area contributed by atoms with Gasteiger partial charge in [-0.15, -0.1) is 0 Å². The monoisotopic (exact) mass is 420 g/mol. The van der Waals surface area contributed by atoms with Crippen molar-refractivity contribution in [2.45, 2.75) is 26.2 Å². The fourth-order valence-corrected chi connectivity index (χ4v) is 3.50. The van der Waals surface area contributed by atoms with Gasteiger partial charge >= 0.3 is 5.97 Å². The molecule has 0 unspecified atom stereocenters. The van der Waals surface area contributed by atoms with Gasteiger partial charge in [0.25, 0.3) is 0 Å². The summed E-state index contributed by atoms with van der Waals surface area (Å²) < 4.78 is 16.4. The molecule has 31 heavy (non-hydrogen) atoms. The Labute approximate surface area is 180 Å². The highest BCUT2D eigenvalue weighted by molar-refractivity contribution is 6.13. The minimum absolute atomic E-state index is 0.129. The van der Waals surface area contributed by atoms with Crippen LogP contribution in [0.3, 0.4) is 0 Å². The van der Waals surface area contributed by atoms with Crippen molar-refractivity contribution < 1.29 is 23.8 Å². The van der Waals surface area contributed by atoms with Gasteiger partial charge in [-0.3, -0.25) is 4.79 Å². The third kappa shape index (κ3) is 4.45. The first-order valence-electron chi connectivity index (χ1n) is 10.3. The van der Waals surface area contributed by atoms with E-state index in [1.165, 1.54) is 0 Å². The van der Waals surface area contributed by atoms with Gasteiger partial charge in [-0.05, 0) is 60.9 Å². The maximum atomic E-state index is 12.3. The lowest BCUT2D eigenvalue weighted by atomic mass is 10.1. The Balaban J connectivity index is 1.55. The zero-order valence-corrected chi connectivity index (χ0v) is 17.6. The highest BCUT2D eigenvalue weighted by Crippen LogP contribution is 2.30. The zero-order chi connectivity index (χ0) is 21.8. The molecule has 2 aromatic carbocycles. The van der Waals surface area contributed by atoms with Crippen molar-refractivity contribution in [3.63, 3.8) is 0 Å². The lowest BCUT2D eigenvalue weighted by Crippen LogP contribution is -2.23. The number of hydrogen-bond donors (Lipinski definition) is 0. The number of benzene rings is 2. The van der Waals surface area contributed by atoms with Crippen LogP contribution in [0.2, 0.25) is 0 Å². The van der Waals surface area contributed by atoms with Gasteiger partial charge in [0.1, 0.15) is 0 Å². The summed E-state index contributed by atoms with van der Waals surface area (Å²) in [5, 5.41) is 0. The number of cyclic esters (lactones) is 1. The number of methoxy groups -OCH3 is 1. The van der Waals surface area contributed by atoms with Crippen LogP contribution in [0.5, 0.6) is 11.5 Å². The molecular weight excluding hydrogens is 396 g/mol. The van der Waals surface area contributed by atoms with E-state index in [-0.39, 0.29) is 17.5 Å². The van der Waals surface area contributed by atoms with Crippen LogP contribution in [0, 0.1) is 0 Å². The average molecular weight is 420 g/mol. The van der Waals surface area contributed by atoms with Gasteiger partial charge in [0.05, 0.1) is 13.7 Å². The summed E-state index contributed by atoms with van der Waals surface area (Å²) in [5.41, 5.74) is 2.48. The molecule has 1 saturated heterocycles. The fraction of sp³-hybridized carbons (Fsp3) is 0.292. The van der Waals surface area contributed by atoms with E-state index in [0.29, 0.717) is 30.1 Å². The Kier molecular flexibility index (Phi) is 6.02. The maximum Gasteiger partial charge on any atom is 0.363 e. The topological polar surface area (TPSA) is 77.4 Å². The average Bonchev–Trinajstić information content (AvgIpc) is 3.38. The fourth-order valence-electron chi connectivity index (χ4n) is 3.50. The van der Waals surface area contributed by atoms with Crippen LogP contribution in [-0.4, -0.2) is 38.0 Å². The van der Waals surface area contributed by atoms with Crippen LogP contribution < -0.4 is 14.4 Å². The molecule has 0 saturated carbocycles. The Morgan fingerprint density at radius 1 is 1.13 bits per heavy atom. The van der Waals surface area contributed by atoms with Gasteiger partial charge in [0.15, 0.2) is 17.2 Å². The van der Waals surface area contributed by atoms with Crippen molar-refractivity contribution in [2.24, 2.45) is 4.99 Å². The largest absolute Gasteiger partial charge is 0.493 e. The molecule has 7 nitrogen and oxygen atoms in total. The summed E-state index contributed by atoms with van der Waals surface area (Å²) in [5.74, 6) is 1.10. The molecule has 4 rings (SSSR count). The minimum atomic E-state index is -0.513. The lowest BCUT2D eigenvalue weighted by Gasteiger charge is -2.15. The summed E-state index contributed by atoms with van der Waals surface area (Å²) >= 11 is 0. The summed E-state index contributed by atoms with van der Waals surface area (Å²) in [7, 11) is 1.59. The second kappa shape index (κ2) is 9.04. The number of ether oxygens (including phenoxy) is 3. The van der Waals surface area contributed by atoms with Crippen LogP contribution in [0.4, 0.5) is 5.69 Å². The van der Waals surface area contributed by atoms with Crippen LogP contribution in [0.15, 0.2) is 53.2 Å². The van der Waals surface area contributed by atoms with Gasteiger partial charge in [0, 0.05) is 24.2 Å². The number of rotatable bonds is 7. The normalized spacial score (nSPS) is 17.2. The van der Waals surface area contributed by atoms with Crippen LogP contribution in [-0.2, 0) is 14.3 Å². The van der Waals surface area contributed by atoms with Crippen LogP contribution >= 0.6 is 0 Å². The first-order valence-corrected chi connectivity index (χ1v) is 10.3. The highest BCUT2D eigenvalue weighted by atomic mass is 16.6. The van der Waals surface area contributed by atoms with E-state index in [2.05, 4.69) is 4.99 Å². The predicted octanol–water partition coefficient (Wildman–Crippen LogP) is 3.96. The summed E-state index contributed by atoms with van der Waals surface area (Å²) in [6.45, 7) is 3.32. The van der Waals surface area contributed by atoms with Crippen molar-refractivity contribution in [3.05, 3.63) is 59.3 Å². The standard InChI is InChI=1S/C24H24N2O5/c1-3-13-30-21-15-16(6-11-20(21)29-2)14-19-24(28)31-23(25-19)17-7-9-18(10-8-17)26-12-4-5-22(26)27/h6-11,14-15H,3-5,12-13H2,1-2H3/b19-14-. The van der Waals surface area contributed by atoms with E-state index in [9.17, 15) is 9.59 Å². The van der Waals surface area contributed by atoms with Crippen molar-refractivity contribution in [1.82, 2.24) is 0 Å². The number of carbonyl (C=O) groups is 2. The van der Waals surface area contributed by atoms with Gasteiger partial charge in [-0.25, -0.2) is 9.79 Å². The van der Waals surface area contributed by atoms with Gasteiger partial charge in [-0.1, -0.05) is 13.0 Å². The SMILES string of the molecule is CCCOc1cc(/C=C2\N=C(c3ccc(N4CCCC4=O)cc3)OC2=O)ccc1OC. The molecule has 7 heteroatoms. The molecule has 0 N–H and O–H groups in total. The Hall–Kier alpha value is -3.61. The summed E-state index contributed by atoms with van der Waals surface area (Å²) in [6, 6.07) is 12.7. The molecule has 0 bridgehead atoms. The zero-order valence-electron chi connectivity index (χ0n) is 17.6. The van der Waals surface area contributed by atoms with Crippen molar-refractivity contribution >= 4 is 29.5 Å². The van der Waals surface area contributed by atoms with Gasteiger partial charge < -0.3 is 19.1 Å². The third-order valence-corrected chi connectivity index (χ3v) is 5.07. The molecule has 160 valence electrons. The maximum absolute atomic E-state index is 12.3. The van der Waals surface area contributed by atoms with E-state index in [0.717, 1.165) is 30.6 Å². The Bertz CT molecular complexity index is 1060. The Morgan fingerprint density at radius 2 is 1.94 bits per heavy atom. The second-order valence-electron chi connectivity index (χ2n) is 7.29. The van der Waals surface area contributed by atoms with E-state index in [4.69, 9.17) is 14.2 Å². The molecule has 0 aliphatic carbocycles. The molecule has 2 aromatic rings. The third-order valence-electron chi connectivity index (χ3n) is 5.07. The first-order chi connectivity index (χ1) is 15.1. The number of carbonyl (C=O) groups excluding carboxylic acids is 2. The Morgan fingerprint density at radius 3 is 2.61 bits per heavy atom. The smallest absolute Gasteiger partial charge is 0.363 e. The molecule has 2 aliphatic rings. The van der Waals surface area contributed by atoms with Crippen molar-refractivity contribution in [2.75, 3.05) is 25.2 Å². The highest BCUT2D eigenvalue weighted by Gasteiger charge is 2.25. The molecule has 1 fully saturated rings. The van der Waals surface area contributed by atoms with E-state index >= 15 is 0 Å². The lowest BCUT2D eigenvalue weighted by molar-refractivity contribution is -0.130. The van der Waals surface area contributed by atoms with Crippen molar-refractivity contribution in [1.29, 1.82) is 0 Å². The number of aliphatic imine (C=N–C) groups is 1. The number of hydrogen-bond acceptors (Lipinski definition) is 6.